The average molecular weight is 827 g/mol. The number of urea groups is 1. The third-order valence-electron chi connectivity index (χ3n) is 9.52. The van der Waals surface area contributed by atoms with E-state index >= 15 is 0 Å². The number of hydrogen-bond donors (Lipinski definition) is 0. The van der Waals surface area contributed by atoms with Crippen molar-refractivity contribution < 1.29 is 31.2 Å². The number of ether oxygens (including phenoxy) is 1. The Balaban J connectivity index is 0.00000541. The summed E-state index contributed by atoms with van der Waals surface area (Å²) >= 11 is 12.6. The van der Waals surface area contributed by atoms with Crippen molar-refractivity contribution in [3.63, 3.8) is 0 Å². The number of amides is 3. The first-order valence-electron chi connectivity index (χ1n) is 17.1. The molecule has 0 bridgehead atoms. The lowest BCUT2D eigenvalue weighted by atomic mass is 9.93. The zero-order valence-electron chi connectivity index (χ0n) is 29.6. The Hall–Kier alpha value is -3.40. The third-order valence-corrected chi connectivity index (χ3v) is 13.0. The summed E-state index contributed by atoms with van der Waals surface area (Å²) in [6, 6.07) is 15.4. The van der Waals surface area contributed by atoms with Crippen molar-refractivity contribution in [3.05, 3.63) is 93.0 Å². The number of amidine groups is 1. The predicted molar refractivity (Wildman–Crippen MR) is 208 cm³/mol. The first-order chi connectivity index (χ1) is 24.7. The minimum absolute atomic E-state index is 0. The first kappa shape index (κ1) is 40.8. The van der Waals surface area contributed by atoms with Crippen LogP contribution in [-0.4, -0.2) is 111 Å². The monoisotopic (exact) mass is 825 g/mol. The number of benzene rings is 3. The van der Waals surface area contributed by atoms with E-state index in [0.717, 1.165) is 24.7 Å². The SMILES string of the molecule is CCOc1cc(C)c(S(=O)(=O)N2CCCC2)cc1C1=N[C@@H](c2ccc(Cl)cc2)[C@@H](c2ccc(Cl)cc2)N1C(=O)N1CCN(CCS(C)(=O)=O)C(=O)C1.Cl. The van der Waals surface area contributed by atoms with Gasteiger partial charge in [0.1, 0.15) is 34.0 Å². The highest BCUT2D eigenvalue weighted by Crippen LogP contribution is 2.46. The van der Waals surface area contributed by atoms with E-state index in [-0.39, 0.29) is 67.6 Å². The van der Waals surface area contributed by atoms with Gasteiger partial charge in [0.05, 0.1) is 28.9 Å². The largest absolute Gasteiger partial charge is 0.493 e. The number of nitrogens with zero attached hydrogens (tertiary/aromatic N) is 5. The number of sulfone groups is 1. The molecule has 3 aromatic rings. The Labute approximate surface area is 327 Å². The number of carbonyl (C=O) groups excluding carboxylic acids is 2. The summed E-state index contributed by atoms with van der Waals surface area (Å²) in [4.78, 5) is 37.9. The third kappa shape index (κ3) is 8.79. The highest BCUT2D eigenvalue weighted by Gasteiger charge is 2.46. The summed E-state index contributed by atoms with van der Waals surface area (Å²) in [6.45, 7) is 4.64. The van der Waals surface area contributed by atoms with Crippen molar-refractivity contribution in [2.45, 2.75) is 43.7 Å². The van der Waals surface area contributed by atoms with Crippen LogP contribution in [-0.2, 0) is 24.7 Å². The molecule has 0 spiro atoms. The van der Waals surface area contributed by atoms with Crippen LogP contribution in [0.2, 0.25) is 10.0 Å². The van der Waals surface area contributed by atoms with E-state index in [1.807, 2.05) is 31.2 Å². The second-order valence-corrected chi connectivity index (χ2v) is 18.2. The summed E-state index contributed by atoms with van der Waals surface area (Å²) in [7, 11) is -7.20. The van der Waals surface area contributed by atoms with Gasteiger partial charge in [-0.3, -0.25) is 14.7 Å². The summed E-state index contributed by atoms with van der Waals surface area (Å²) in [6.07, 6.45) is 2.65. The Morgan fingerprint density at radius 3 is 2.08 bits per heavy atom. The molecule has 6 rings (SSSR count). The highest BCUT2D eigenvalue weighted by atomic mass is 35.5. The zero-order valence-corrected chi connectivity index (χ0v) is 33.5. The van der Waals surface area contributed by atoms with Gasteiger partial charge in [0.2, 0.25) is 15.9 Å². The number of piperazine rings is 1. The Kier molecular flexibility index (Phi) is 12.7. The maximum atomic E-state index is 15.0. The Morgan fingerprint density at radius 1 is 0.906 bits per heavy atom. The van der Waals surface area contributed by atoms with Crippen LogP contribution in [0, 0.1) is 6.92 Å². The van der Waals surface area contributed by atoms with E-state index in [9.17, 15) is 26.4 Å². The molecule has 3 aliphatic rings. The lowest BCUT2D eigenvalue weighted by molar-refractivity contribution is -0.134. The number of sulfonamides is 1. The van der Waals surface area contributed by atoms with Gasteiger partial charge >= 0.3 is 6.03 Å². The Bertz CT molecular complexity index is 2090. The van der Waals surface area contributed by atoms with Gasteiger partial charge in [-0.2, -0.15) is 4.31 Å². The molecule has 0 radical (unpaired) electrons. The maximum Gasteiger partial charge on any atom is 0.326 e. The molecule has 0 aromatic heterocycles. The van der Waals surface area contributed by atoms with Crippen LogP contribution in [0.1, 0.15) is 54.1 Å². The standard InChI is InChI=1S/C36H41Cl2N5O7S2.ClH/c1-4-50-30-21-24(2)31(52(48,49)42-15-5-6-16-42)22-29(30)35-39-33(25-7-11-27(37)12-8-25)34(26-9-13-28(38)14-10-26)43(35)36(45)41-18-17-40(32(44)23-41)19-20-51(3,46)47;/h7-14,21-22,33-34H,4-6,15-20,23H2,1-3H3;1H/t33-,34+;/m0./s1. The molecule has 53 heavy (non-hydrogen) atoms. The number of aliphatic imine (C=N–C) groups is 1. The lowest BCUT2D eigenvalue weighted by Gasteiger charge is -2.38. The molecular weight excluding hydrogens is 785 g/mol. The minimum Gasteiger partial charge on any atom is -0.493 e. The van der Waals surface area contributed by atoms with Crippen molar-refractivity contribution in [1.82, 2.24) is 19.0 Å². The second-order valence-electron chi connectivity index (χ2n) is 13.2. The van der Waals surface area contributed by atoms with Gasteiger partial charge in [0.25, 0.3) is 0 Å². The topological polar surface area (TPSA) is 137 Å². The van der Waals surface area contributed by atoms with E-state index in [0.29, 0.717) is 45.6 Å². The maximum absolute atomic E-state index is 15.0. The van der Waals surface area contributed by atoms with E-state index in [1.54, 1.807) is 43.3 Å². The van der Waals surface area contributed by atoms with Crippen molar-refractivity contribution in [1.29, 1.82) is 0 Å². The second kappa shape index (κ2) is 16.5. The molecule has 3 aromatic carbocycles. The van der Waals surface area contributed by atoms with Crippen LogP contribution in [0.3, 0.4) is 0 Å². The predicted octanol–water partition coefficient (Wildman–Crippen LogP) is 5.76. The van der Waals surface area contributed by atoms with E-state index in [2.05, 4.69) is 0 Å². The van der Waals surface area contributed by atoms with Crippen LogP contribution >= 0.6 is 35.6 Å². The molecular formula is C36H42Cl3N5O7S2. The molecule has 3 heterocycles. The van der Waals surface area contributed by atoms with Gasteiger partial charge in [-0.05, 0) is 79.8 Å². The molecule has 12 nitrogen and oxygen atoms in total. The van der Waals surface area contributed by atoms with E-state index in [4.69, 9.17) is 32.9 Å². The number of carbonyl (C=O) groups is 2. The number of hydrogen-bond acceptors (Lipinski definition) is 8. The fourth-order valence-corrected chi connectivity index (χ4v) is 9.40. The lowest BCUT2D eigenvalue weighted by Crippen LogP contribution is -2.57. The normalized spacial score (nSPS) is 19.7. The van der Waals surface area contributed by atoms with Gasteiger partial charge in [-0.15, -0.1) is 12.4 Å². The molecule has 2 atom stereocenters. The van der Waals surface area contributed by atoms with E-state index in [1.165, 1.54) is 19.0 Å². The van der Waals surface area contributed by atoms with Crippen LogP contribution in [0.15, 0.2) is 70.6 Å². The quantitative estimate of drug-likeness (QED) is 0.254. The van der Waals surface area contributed by atoms with Crippen molar-refractivity contribution in [2.75, 3.05) is 57.9 Å². The number of halogens is 3. The molecule has 286 valence electrons. The van der Waals surface area contributed by atoms with Crippen molar-refractivity contribution >= 4 is 73.2 Å². The zero-order chi connectivity index (χ0) is 37.4. The smallest absolute Gasteiger partial charge is 0.326 e. The molecule has 2 fully saturated rings. The summed E-state index contributed by atoms with van der Waals surface area (Å²) in [5.74, 6) is -0.0428. The van der Waals surface area contributed by atoms with E-state index < -0.39 is 38.0 Å². The molecule has 0 aliphatic carbocycles. The number of rotatable bonds is 10. The fraction of sp³-hybridized carbons (Fsp3) is 0.417. The van der Waals surface area contributed by atoms with Crippen molar-refractivity contribution in [3.8, 4) is 5.75 Å². The van der Waals surface area contributed by atoms with Gasteiger partial charge in [0.15, 0.2) is 0 Å². The molecule has 0 N–H and O–H groups in total. The molecule has 2 saturated heterocycles. The van der Waals surface area contributed by atoms with Crippen LogP contribution < -0.4 is 4.74 Å². The molecule has 3 aliphatic heterocycles. The van der Waals surface area contributed by atoms with Gasteiger partial charge in [-0.25, -0.2) is 21.6 Å². The van der Waals surface area contributed by atoms with Gasteiger partial charge in [0, 0.05) is 49.0 Å². The minimum atomic E-state index is -3.90. The fourth-order valence-electron chi connectivity index (χ4n) is 6.85. The first-order valence-corrected chi connectivity index (χ1v) is 21.3. The van der Waals surface area contributed by atoms with Crippen LogP contribution in [0.5, 0.6) is 5.75 Å². The molecule has 0 unspecified atom stereocenters. The molecule has 3 amide bonds. The molecule has 17 heteroatoms. The average Bonchev–Trinajstić information content (AvgIpc) is 3.78. The van der Waals surface area contributed by atoms with Crippen LogP contribution in [0.4, 0.5) is 4.79 Å². The summed E-state index contributed by atoms with van der Waals surface area (Å²) < 4.78 is 59.3. The van der Waals surface area contributed by atoms with Gasteiger partial charge < -0.3 is 14.5 Å². The van der Waals surface area contributed by atoms with Crippen LogP contribution in [0.25, 0.3) is 0 Å². The number of aryl methyl sites for hydroxylation is 1. The summed E-state index contributed by atoms with van der Waals surface area (Å²) in [5, 5.41) is 1.01. The summed E-state index contributed by atoms with van der Waals surface area (Å²) in [5.41, 5.74) is 2.25. The van der Waals surface area contributed by atoms with Crippen molar-refractivity contribution in [2.24, 2.45) is 4.99 Å². The van der Waals surface area contributed by atoms with Gasteiger partial charge in [-0.1, -0.05) is 47.5 Å². The molecule has 0 saturated carbocycles. The highest BCUT2D eigenvalue weighted by molar-refractivity contribution is 7.90. The Morgan fingerprint density at radius 2 is 1.51 bits per heavy atom.